The largest absolute Gasteiger partial charge is 0.384 e. The van der Waals surface area contributed by atoms with Gasteiger partial charge in [0, 0.05) is 24.8 Å². The third-order valence-electron chi connectivity index (χ3n) is 4.20. The zero-order valence-corrected chi connectivity index (χ0v) is 11.7. The zero-order chi connectivity index (χ0) is 12.8. The lowest BCUT2D eigenvalue weighted by atomic mass is 9.85. The van der Waals surface area contributed by atoms with Crippen LogP contribution in [0, 0.1) is 5.92 Å². The van der Waals surface area contributed by atoms with Crippen molar-refractivity contribution in [3.8, 4) is 0 Å². The van der Waals surface area contributed by atoms with Crippen LogP contribution in [-0.4, -0.2) is 31.1 Å². The van der Waals surface area contributed by atoms with Crippen molar-refractivity contribution >= 4 is 5.69 Å². The Balaban J connectivity index is 1.72. The standard InChI is InChI=1S/C16H26N2/c1-14-8-6-7-11-16(14)18(2)13-12-17-15-9-4-3-5-10-15/h3-5,9-10,14,16-17H,6-8,11-13H2,1-2H3. The monoisotopic (exact) mass is 246 g/mol. The van der Waals surface area contributed by atoms with Crippen molar-refractivity contribution < 1.29 is 0 Å². The van der Waals surface area contributed by atoms with Crippen LogP contribution in [0.1, 0.15) is 32.6 Å². The maximum absolute atomic E-state index is 3.49. The van der Waals surface area contributed by atoms with E-state index in [1.807, 2.05) is 0 Å². The van der Waals surface area contributed by atoms with E-state index in [0.717, 1.165) is 25.0 Å². The van der Waals surface area contributed by atoms with Crippen molar-refractivity contribution in [2.75, 3.05) is 25.5 Å². The van der Waals surface area contributed by atoms with E-state index in [1.165, 1.54) is 31.4 Å². The normalized spacial score (nSPS) is 24.2. The third-order valence-corrected chi connectivity index (χ3v) is 4.20. The van der Waals surface area contributed by atoms with Gasteiger partial charge >= 0.3 is 0 Å². The van der Waals surface area contributed by atoms with Gasteiger partial charge in [-0.3, -0.25) is 0 Å². The second kappa shape index (κ2) is 6.79. The van der Waals surface area contributed by atoms with Crippen molar-refractivity contribution in [2.24, 2.45) is 5.92 Å². The molecule has 2 unspecified atom stereocenters. The van der Waals surface area contributed by atoms with Crippen LogP contribution in [0.3, 0.4) is 0 Å². The van der Waals surface area contributed by atoms with E-state index < -0.39 is 0 Å². The first-order valence-electron chi connectivity index (χ1n) is 7.26. The van der Waals surface area contributed by atoms with Crippen LogP contribution >= 0.6 is 0 Å². The molecule has 1 aromatic carbocycles. The molecular weight excluding hydrogens is 220 g/mol. The minimum absolute atomic E-state index is 0.788. The highest BCUT2D eigenvalue weighted by Gasteiger charge is 2.24. The van der Waals surface area contributed by atoms with Crippen molar-refractivity contribution in [1.29, 1.82) is 0 Å². The molecule has 2 atom stereocenters. The van der Waals surface area contributed by atoms with Crippen molar-refractivity contribution in [1.82, 2.24) is 4.90 Å². The molecule has 0 saturated heterocycles. The van der Waals surface area contributed by atoms with Gasteiger partial charge in [-0.25, -0.2) is 0 Å². The first-order valence-corrected chi connectivity index (χ1v) is 7.26. The van der Waals surface area contributed by atoms with Crippen molar-refractivity contribution in [3.63, 3.8) is 0 Å². The highest BCUT2D eigenvalue weighted by molar-refractivity contribution is 5.42. The van der Waals surface area contributed by atoms with Crippen LogP contribution in [0.5, 0.6) is 0 Å². The van der Waals surface area contributed by atoms with Gasteiger partial charge in [0.2, 0.25) is 0 Å². The van der Waals surface area contributed by atoms with Gasteiger partial charge in [-0.05, 0) is 37.9 Å². The van der Waals surface area contributed by atoms with Gasteiger partial charge in [-0.1, -0.05) is 38.0 Å². The Morgan fingerprint density at radius 2 is 1.89 bits per heavy atom. The van der Waals surface area contributed by atoms with E-state index in [2.05, 4.69) is 54.5 Å². The lowest BCUT2D eigenvalue weighted by molar-refractivity contribution is 0.144. The minimum atomic E-state index is 0.788. The van der Waals surface area contributed by atoms with Gasteiger partial charge in [0.1, 0.15) is 0 Å². The first kappa shape index (κ1) is 13.4. The summed E-state index contributed by atoms with van der Waals surface area (Å²) in [6.07, 6.45) is 5.61. The van der Waals surface area contributed by atoms with Crippen molar-refractivity contribution in [2.45, 2.75) is 38.6 Å². The van der Waals surface area contributed by atoms with Gasteiger partial charge in [0.25, 0.3) is 0 Å². The summed E-state index contributed by atoms with van der Waals surface area (Å²) < 4.78 is 0. The molecule has 1 aromatic rings. The Hall–Kier alpha value is -1.02. The SMILES string of the molecule is CC1CCCCC1N(C)CCNc1ccccc1. The van der Waals surface area contributed by atoms with Gasteiger partial charge in [0.05, 0.1) is 0 Å². The summed E-state index contributed by atoms with van der Waals surface area (Å²) >= 11 is 0. The summed E-state index contributed by atoms with van der Waals surface area (Å²) in [5.41, 5.74) is 1.22. The molecule has 1 aliphatic rings. The number of nitrogens with zero attached hydrogens (tertiary/aromatic N) is 1. The molecule has 1 aliphatic carbocycles. The smallest absolute Gasteiger partial charge is 0.0340 e. The molecule has 0 radical (unpaired) electrons. The second-order valence-corrected chi connectivity index (χ2v) is 5.60. The van der Waals surface area contributed by atoms with Gasteiger partial charge < -0.3 is 10.2 Å². The van der Waals surface area contributed by atoms with Crippen LogP contribution in [0.2, 0.25) is 0 Å². The molecule has 100 valence electrons. The molecule has 0 bridgehead atoms. The van der Waals surface area contributed by atoms with E-state index in [1.54, 1.807) is 0 Å². The first-order chi connectivity index (χ1) is 8.77. The van der Waals surface area contributed by atoms with Crippen LogP contribution in [0.4, 0.5) is 5.69 Å². The molecule has 18 heavy (non-hydrogen) atoms. The van der Waals surface area contributed by atoms with E-state index in [9.17, 15) is 0 Å². The highest BCUT2D eigenvalue weighted by atomic mass is 15.1. The van der Waals surface area contributed by atoms with Crippen LogP contribution in [0.25, 0.3) is 0 Å². The molecule has 1 saturated carbocycles. The predicted octanol–water partition coefficient (Wildman–Crippen LogP) is 3.61. The molecule has 0 aromatic heterocycles. The Morgan fingerprint density at radius 3 is 2.61 bits per heavy atom. The highest BCUT2D eigenvalue weighted by Crippen LogP contribution is 2.27. The fraction of sp³-hybridized carbons (Fsp3) is 0.625. The van der Waals surface area contributed by atoms with Crippen molar-refractivity contribution in [3.05, 3.63) is 30.3 Å². The summed E-state index contributed by atoms with van der Waals surface area (Å²) in [6, 6.07) is 11.3. The van der Waals surface area contributed by atoms with Gasteiger partial charge in [-0.15, -0.1) is 0 Å². The number of hydrogen-bond acceptors (Lipinski definition) is 2. The Morgan fingerprint density at radius 1 is 1.17 bits per heavy atom. The number of hydrogen-bond donors (Lipinski definition) is 1. The molecule has 1 fully saturated rings. The van der Waals surface area contributed by atoms with E-state index in [-0.39, 0.29) is 0 Å². The second-order valence-electron chi connectivity index (χ2n) is 5.60. The number of rotatable bonds is 5. The molecule has 1 N–H and O–H groups in total. The molecule has 0 aliphatic heterocycles. The number of para-hydroxylation sites is 1. The molecule has 0 heterocycles. The summed E-state index contributed by atoms with van der Waals surface area (Å²) in [6.45, 7) is 4.57. The minimum Gasteiger partial charge on any atom is -0.384 e. The number of benzene rings is 1. The number of likely N-dealkylation sites (N-methyl/N-ethyl adjacent to an activating group) is 1. The van der Waals surface area contributed by atoms with E-state index in [4.69, 9.17) is 0 Å². The molecule has 2 nitrogen and oxygen atoms in total. The van der Waals surface area contributed by atoms with Gasteiger partial charge in [-0.2, -0.15) is 0 Å². The van der Waals surface area contributed by atoms with Crippen LogP contribution < -0.4 is 5.32 Å². The summed E-state index contributed by atoms with van der Waals surface area (Å²) in [5, 5.41) is 3.49. The van der Waals surface area contributed by atoms with E-state index >= 15 is 0 Å². The maximum Gasteiger partial charge on any atom is 0.0340 e. The predicted molar refractivity (Wildman–Crippen MR) is 79.0 cm³/mol. The summed E-state index contributed by atoms with van der Waals surface area (Å²) in [5.74, 6) is 0.862. The Labute approximate surface area is 111 Å². The fourth-order valence-corrected chi connectivity index (χ4v) is 3.05. The van der Waals surface area contributed by atoms with Crippen LogP contribution in [0.15, 0.2) is 30.3 Å². The third kappa shape index (κ3) is 3.74. The molecule has 0 amide bonds. The molecule has 2 rings (SSSR count). The average molecular weight is 246 g/mol. The maximum atomic E-state index is 3.49. The molecule has 2 heteroatoms. The lowest BCUT2D eigenvalue weighted by Crippen LogP contribution is -2.41. The Bertz CT molecular complexity index is 336. The zero-order valence-electron chi connectivity index (χ0n) is 11.7. The summed E-state index contributed by atoms with van der Waals surface area (Å²) in [7, 11) is 2.28. The van der Waals surface area contributed by atoms with E-state index in [0.29, 0.717) is 0 Å². The average Bonchev–Trinajstić information content (AvgIpc) is 2.40. The number of nitrogens with one attached hydrogen (secondary N) is 1. The number of anilines is 1. The molecule has 0 spiro atoms. The lowest BCUT2D eigenvalue weighted by Gasteiger charge is -2.36. The molecular formula is C16H26N2. The fourth-order valence-electron chi connectivity index (χ4n) is 3.05. The summed E-state index contributed by atoms with van der Waals surface area (Å²) in [4.78, 5) is 2.54. The quantitative estimate of drug-likeness (QED) is 0.854. The van der Waals surface area contributed by atoms with Crippen LogP contribution in [-0.2, 0) is 0 Å². The Kier molecular flexibility index (Phi) is 5.06. The topological polar surface area (TPSA) is 15.3 Å². The van der Waals surface area contributed by atoms with Gasteiger partial charge in [0.15, 0.2) is 0 Å².